The molecule has 0 radical (unpaired) electrons. The van der Waals surface area contributed by atoms with E-state index in [1.807, 2.05) is 38.2 Å². The second-order valence-electron chi connectivity index (χ2n) is 6.69. The Hall–Kier alpha value is -2.11. The van der Waals surface area contributed by atoms with Crippen molar-refractivity contribution < 1.29 is 4.74 Å². The Morgan fingerprint density at radius 1 is 1.15 bits per heavy atom. The van der Waals surface area contributed by atoms with E-state index < -0.39 is 0 Å². The van der Waals surface area contributed by atoms with Crippen LogP contribution in [0.1, 0.15) is 27.7 Å². The third kappa shape index (κ3) is 4.25. The minimum Gasteiger partial charge on any atom is -0.377 e. The zero-order chi connectivity index (χ0) is 19.4. The molecule has 0 bridgehead atoms. The van der Waals surface area contributed by atoms with E-state index in [9.17, 15) is 0 Å². The number of para-hydroxylation sites is 1. The zero-order valence-corrected chi connectivity index (χ0v) is 17.2. The van der Waals surface area contributed by atoms with Crippen molar-refractivity contribution in [1.29, 1.82) is 0 Å². The highest BCUT2D eigenvalue weighted by atomic mass is 35.5. The number of hydrogen-bond acceptors (Lipinski definition) is 4. The van der Waals surface area contributed by atoms with E-state index in [0.29, 0.717) is 18.2 Å². The topological polar surface area (TPSA) is 43.2 Å². The Labute approximate surface area is 165 Å². The number of nitrogens with zero attached hydrogens (tertiary/aromatic N) is 4. The fourth-order valence-electron chi connectivity index (χ4n) is 3.19. The Morgan fingerprint density at radius 2 is 1.93 bits per heavy atom. The third-order valence-electron chi connectivity index (χ3n) is 4.59. The molecule has 2 aromatic heterocycles. The van der Waals surface area contributed by atoms with Gasteiger partial charge in [0.2, 0.25) is 0 Å². The number of aromatic nitrogens is 3. The van der Waals surface area contributed by atoms with Crippen LogP contribution in [0.15, 0.2) is 36.5 Å². The van der Waals surface area contributed by atoms with Crippen molar-refractivity contribution in [3.8, 4) is 11.4 Å². The molecular formula is C21H27ClN4O. The van der Waals surface area contributed by atoms with Gasteiger partial charge in [-0.3, -0.25) is 0 Å². The van der Waals surface area contributed by atoms with Gasteiger partial charge in [-0.2, -0.15) is 0 Å². The molecule has 0 atom stereocenters. The van der Waals surface area contributed by atoms with Crippen LogP contribution < -0.4 is 4.90 Å². The minimum atomic E-state index is 0.196. The summed E-state index contributed by atoms with van der Waals surface area (Å²) in [6, 6.07) is 10.0. The van der Waals surface area contributed by atoms with Gasteiger partial charge in [0.25, 0.3) is 0 Å². The normalized spacial score (nSPS) is 11.5. The lowest BCUT2D eigenvalue weighted by atomic mass is 10.2. The van der Waals surface area contributed by atoms with Crippen molar-refractivity contribution in [2.24, 2.45) is 0 Å². The Kier molecular flexibility index (Phi) is 6.34. The summed E-state index contributed by atoms with van der Waals surface area (Å²) in [5.41, 5.74) is 2.80. The molecule has 6 heteroatoms. The Balaban J connectivity index is 2.00. The maximum atomic E-state index is 6.39. The van der Waals surface area contributed by atoms with Gasteiger partial charge < -0.3 is 14.2 Å². The quantitative estimate of drug-likeness (QED) is 0.545. The predicted molar refractivity (Wildman–Crippen MR) is 113 cm³/mol. The molecule has 0 saturated heterocycles. The summed E-state index contributed by atoms with van der Waals surface area (Å²) in [4.78, 5) is 11.7. The molecule has 144 valence electrons. The number of imidazole rings is 1. The van der Waals surface area contributed by atoms with Gasteiger partial charge in [-0.05, 0) is 52.0 Å². The van der Waals surface area contributed by atoms with E-state index in [-0.39, 0.29) is 6.10 Å². The second-order valence-corrected chi connectivity index (χ2v) is 7.10. The summed E-state index contributed by atoms with van der Waals surface area (Å²) >= 11 is 6.39. The van der Waals surface area contributed by atoms with E-state index in [0.717, 1.165) is 41.3 Å². The number of anilines is 1. The van der Waals surface area contributed by atoms with Crippen LogP contribution in [0.3, 0.4) is 0 Å². The van der Waals surface area contributed by atoms with Crippen LogP contribution in [0, 0.1) is 0 Å². The van der Waals surface area contributed by atoms with E-state index >= 15 is 0 Å². The first-order valence-electron chi connectivity index (χ1n) is 9.52. The first-order valence-corrected chi connectivity index (χ1v) is 9.90. The molecule has 0 N–H and O–H groups in total. The first-order chi connectivity index (χ1) is 13.0. The van der Waals surface area contributed by atoms with Crippen LogP contribution in [0.25, 0.3) is 22.4 Å². The van der Waals surface area contributed by atoms with Crippen molar-refractivity contribution in [3.63, 3.8) is 0 Å². The molecule has 0 aliphatic rings. The van der Waals surface area contributed by atoms with Gasteiger partial charge in [0.1, 0.15) is 17.2 Å². The average Bonchev–Trinajstić information content (AvgIpc) is 3.03. The maximum absolute atomic E-state index is 6.39. The van der Waals surface area contributed by atoms with Gasteiger partial charge in [0, 0.05) is 31.4 Å². The second kappa shape index (κ2) is 8.72. The standard InChI is InChI=1S/C21H27ClN4O/c1-5-25(6-2)19-11-10-16(14-23-19)21-24-20-17(22)8-7-9-18(20)26(21)12-13-27-15(3)4/h7-11,14-15H,5-6,12-13H2,1-4H3. The van der Waals surface area contributed by atoms with Gasteiger partial charge in [-0.1, -0.05) is 17.7 Å². The summed E-state index contributed by atoms with van der Waals surface area (Å²) in [5, 5.41) is 0.657. The Morgan fingerprint density at radius 3 is 2.56 bits per heavy atom. The van der Waals surface area contributed by atoms with Crippen LogP contribution in [0.2, 0.25) is 5.02 Å². The molecule has 0 fully saturated rings. The summed E-state index contributed by atoms with van der Waals surface area (Å²) in [6.45, 7) is 11.5. The van der Waals surface area contributed by atoms with Crippen LogP contribution in [-0.4, -0.2) is 40.3 Å². The van der Waals surface area contributed by atoms with E-state index in [4.69, 9.17) is 21.3 Å². The molecule has 2 heterocycles. The number of fused-ring (bicyclic) bond motifs is 1. The molecule has 0 aliphatic heterocycles. The average molecular weight is 387 g/mol. The summed E-state index contributed by atoms with van der Waals surface area (Å²) < 4.78 is 7.93. The summed E-state index contributed by atoms with van der Waals surface area (Å²) in [5.74, 6) is 1.84. The van der Waals surface area contributed by atoms with Gasteiger partial charge in [-0.25, -0.2) is 9.97 Å². The zero-order valence-electron chi connectivity index (χ0n) is 16.4. The lowest BCUT2D eigenvalue weighted by Crippen LogP contribution is -2.22. The first kappa shape index (κ1) is 19.6. The number of rotatable bonds is 8. The van der Waals surface area contributed by atoms with Crippen LogP contribution in [-0.2, 0) is 11.3 Å². The van der Waals surface area contributed by atoms with Crippen LogP contribution in [0.5, 0.6) is 0 Å². The molecule has 5 nitrogen and oxygen atoms in total. The number of pyridine rings is 1. The molecule has 0 spiro atoms. The van der Waals surface area contributed by atoms with Crippen molar-refractivity contribution >= 4 is 28.5 Å². The van der Waals surface area contributed by atoms with Crippen molar-refractivity contribution in [2.45, 2.75) is 40.3 Å². The molecule has 0 amide bonds. The number of halogens is 1. The minimum absolute atomic E-state index is 0.196. The lowest BCUT2D eigenvalue weighted by Gasteiger charge is -2.19. The van der Waals surface area contributed by atoms with Gasteiger partial charge in [-0.15, -0.1) is 0 Å². The molecule has 3 rings (SSSR count). The Bertz CT molecular complexity index is 885. The molecule has 3 aromatic rings. The fourth-order valence-corrected chi connectivity index (χ4v) is 3.40. The highest BCUT2D eigenvalue weighted by molar-refractivity contribution is 6.35. The van der Waals surface area contributed by atoms with Crippen LogP contribution in [0.4, 0.5) is 5.82 Å². The molecule has 0 unspecified atom stereocenters. The van der Waals surface area contributed by atoms with E-state index in [1.165, 1.54) is 0 Å². The highest BCUT2D eigenvalue weighted by Crippen LogP contribution is 2.29. The SMILES string of the molecule is CCN(CC)c1ccc(-c2nc3c(Cl)cccc3n2CCOC(C)C)cn1. The van der Waals surface area contributed by atoms with Crippen molar-refractivity contribution in [2.75, 3.05) is 24.6 Å². The monoisotopic (exact) mass is 386 g/mol. The molecule has 1 aromatic carbocycles. The number of benzene rings is 1. The largest absolute Gasteiger partial charge is 0.377 e. The molecule has 27 heavy (non-hydrogen) atoms. The smallest absolute Gasteiger partial charge is 0.142 e. The number of hydrogen-bond donors (Lipinski definition) is 0. The summed E-state index contributed by atoms with van der Waals surface area (Å²) in [6.07, 6.45) is 2.09. The summed E-state index contributed by atoms with van der Waals surface area (Å²) in [7, 11) is 0. The van der Waals surface area contributed by atoms with Crippen molar-refractivity contribution in [3.05, 3.63) is 41.6 Å². The van der Waals surface area contributed by atoms with Gasteiger partial charge >= 0.3 is 0 Å². The van der Waals surface area contributed by atoms with Gasteiger partial charge in [0.15, 0.2) is 0 Å². The molecular weight excluding hydrogens is 360 g/mol. The lowest BCUT2D eigenvalue weighted by molar-refractivity contribution is 0.0735. The predicted octanol–water partition coefficient (Wildman–Crippen LogP) is 5.02. The molecule has 0 aliphatic carbocycles. The highest BCUT2D eigenvalue weighted by Gasteiger charge is 2.15. The van der Waals surface area contributed by atoms with E-state index in [2.05, 4.69) is 40.4 Å². The van der Waals surface area contributed by atoms with Crippen molar-refractivity contribution in [1.82, 2.24) is 14.5 Å². The fraction of sp³-hybridized carbons (Fsp3) is 0.429. The van der Waals surface area contributed by atoms with Crippen LogP contribution >= 0.6 is 11.6 Å². The third-order valence-corrected chi connectivity index (χ3v) is 4.89. The van der Waals surface area contributed by atoms with Gasteiger partial charge in [0.05, 0.1) is 23.3 Å². The van der Waals surface area contributed by atoms with E-state index in [1.54, 1.807) is 0 Å². The number of ether oxygens (including phenoxy) is 1. The maximum Gasteiger partial charge on any atom is 0.142 e. The molecule has 0 saturated carbocycles.